The Morgan fingerprint density at radius 2 is 0.790 bits per heavy atom. The molecule has 0 saturated heterocycles. The average Bonchev–Trinajstić information content (AvgIpc) is 3.87. The Balaban J connectivity index is 0.982. The number of hydrogen-bond acceptors (Lipinski definition) is 2. The van der Waals surface area contributed by atoms with Crippen LogP contribution in [0.1, 0.15) is 0 Å². The zero-order chi connectivity index (χ0) is 41.0. The van der Waals surface area contributed by atoms with Gasteiger partial charge in [0, 0.05) is 55.0 Å². The van der Waals surface area contributed by atoms with Crippen LogP contribution in [0.2, 0.25) is 0 Å². The number of hydrogen-bond donors (Lipinski definition) is 0. The number of rotatable bonds is 7. The van der Waals surface area contributed by atoms with Crippen LogP contribution in [0.25, 0.3) is 111 Å². The van der Waals surface area contributed by atoms with Gasteiger partial charge in [0.15, 0.2) is 5.82 Å². The normalized spacial score (nSPS) is 11.5. The third-order valence-electron chi connectivity index (χ3n) is 12.2. The van der Waals surface area contributed by atoms with E-state index >= 15 is 0 Å². The maximum Gasteiger partial charge on any atom is 0.160 e. The summed E-state index contributed by atoms with van der Waals surface area (Å²) in [6, 6.07) is 82.2. The largest absolute Gasteiger partial charge is 0.309 e. The number of fused-ring (bicyclic) bond motifs is 6. The molecule has 9 aromatic carbocycles. The van der Waals surface area contributed by atoms with Crippen LogP contribution in [-0.4, -0.2) is 19.1 Å². The van der Waals surface area contributed by atoms with Crippen LogP contribution in [0.15, 0.2) is 231 Å². The summed E-state index contributed by atoms with van der Waals surface area (Å²) in [5.41, 5.74) is 16.6. The number of nitrogens with zero attached hydrogens (tertiary/aromatic N) is 4. The molecule has 4 heteroatoms. The summed E-state index contributed by atoms with van der Waals surface area (Å²) in [7, 11) is 0. The Kier molecular flexibility index (Phi) is 8.46. The molecular weight excluding hydrogens is 753 g/mol. The van der Waals surface area contributed by atoms with Gasteiger partial charge in [0.25, 0.3) is 0 Å². The van der Waals surface area contributed by atoms with E-state index in [1.807, 2.05) is 24.3 Å². The molecular formula is C58H38N4. The third kappa shape index (κ3) is 5.92. The Labute approximate surface area is 359 Å². The van der Waals surface area contributed by atoms with E-state index in [2.05, 4.69) is 215 Å². The third-order valence-corrected chi connectivity index (χ3v) is 12.2. The van der Waals surface area contributed by atoms with E-state index in [4.69, 9.17) is 9.97 Å². The highest BCUT2D eigenvalue weighted by atomic mass is 15.0. The molecule has 0 amide bonds. The fourth-order valence-electron chi connectivity index (χ4n) is 9.29. The molecule has 3 aromatic heterocycles. The van der Waals surface area contributed by atoms with E-state index < -0.39 is 0 Å². The second-order valence-electron chi connectivity index (χ2n) is 15.8. The summed E-state index contributed by atoms with van der Waals surface area (Å²) >= 11 is 0. The Morgan fingerprint density at radius 1 is 0.290 bits per heavy atom. The summed E-state index contributed by atoms with van der Waals surface area (Å²) in [6.45, 7) is 0. The first kappa shape index (κ1) is 35.6. The first-order valence-electron chi connectivity index (χ1n) is 21.1. The molecule has 0 atom stereocenters. The molecule has 0 aliphatic rings. The van der Waals surface area contributed by atoms with Gasteiger partial charge in [-0.1, -0.05) is 182 Å². The molecule has 0 spiro atoms. The van der Waals surface area contributed by atoms with Crippen molar-refractivity contribution in [1.82, 2.24) is 19.1 Å². The van der Waals surface area contributed by atoms with Crippen molar-refractivity contribution in [2.45, 2.75) is 0 Å². The average molecular weight is 791 g/mol. The predicted molar refractivity (Wildman–Crippen MR) is 258 cm³/mol. The predicted octanol–water partition coefficient (Wildman–Crippen LogP) is 15.0. The van der Waals surface area contributed by atoms with E-state index in [9.17, 15) is 0 Å². The lowest BCUT2D eigenvalue weighted by molar-refractivity contribution is 1.17. The first-order valence-corrected chi connectivity index (χ1v) is 21.1. The molecule has 0 fully saturated rings. The standard InChI is InChI=1S/C58H38N4/c1-4-17-40(18-5-1)51-38-52(60-58(59-51)42-19-6-2-7-20-42)41-33-31-39(32-34-41)43-35-36-56-50(37-43)47-25-12-15-30-55(47)62(56)54-29-14-11-24-46(54)49-27-16-26-48-45-23-10-13-28-53(45)61(57(48)49)44-21-8-3-9-22-44/h1-38H. The fourth-order valence-corrected chi connectivity index (χ4v) is 9.29. The smallest absolute Gasteiger partial charge is 0.160 e. The number of benzene rings is 9. The van der Waals surface area contributed by atoms with Gasteiger partial charge < -0.3 is 9.13 Å². The van der Waals surface area contributed by atoms with Gasteiger partial charge in [-0.05, 0) is 59.7 Å². The van der Waals surface area contributed by atoms with Crippen molar-refractivity contribution in [3.8, 4) is 67.5 Å². The second-order valence-corrected chi connectivity index (χ2v) is 15.8. The van der Waals surface area contributed by atoms with Crippen LogP contribution in [0, 0.1) is 0 Å². The van der Waals surface area contributed by atoms with E-state index in [1.165, 1.54) is 49.2 Å². The molecule has 0 saturated carbocycles. The molecule has 0 aliphatic heterocycles. The van der Waals surface area contributed by atoms with Crippen molar-refractivity contribution >= 4 is 43.6 Å². The van der Waals surface area contributed by atoms with Crippen molar-refractivity contribution in [2.75, 3.05) is 0 Å². The number of para-hydroxylation sites is 5. The van der Waals surface area contributed by atoms with Gasteiger partial charge in [-0.2, -0.15) is 0 Å². The van der Waals surface area contributed by atoms with Crippen molar-refractivity contribution in [1.29, 1.82) is 0 Å². The maximum absolute atomic E-state index is 5.07. The molecule has 12 aromatic rings. The monoisotopic (exact) mass is 790 g/mol. The van der Waals surface area contributed by atoms with Crippen molar-refractivity contribution in [3.05, 3.63) is 231 Å². The fraction of sp³-hybridized carbons (Fsp3) is 0. The van der Waals surface area contributed by atoms with Gasteiger partial charge in [0.2, 0.25) is 0 Å². The minimum absolute atomic E-state index is 0.713. The minimum atomic E-state index is 0.713. The van der Waals surface area contributed by atoms with Gasteiger partial charge in [0.05, 0.1) is 39.1 Å². The lowest BCUT2D eigenvalue weighted by Gasteiger charge is -2.17. The van der Waals surface area contributed by atoms with Gasteiger partial charge in [-0.25, -0.2) is 9.97 Å². The lowest BCUT2D eigenvalue weighted by Crippen LogP contribution is -1.99. The molecule has 0 unspecified atom stereocenters. The maximum atomic E-state index is 5.07. The van der Waals surface area contributed by atoms with Gasteiger partial charge in [-0.3, -0.25) is 0 Å². The summed E-state index contributed by atoms with van der Waals surface area (Å²) in [5.74, 6) is 0.713. The molecule has 0 radical (unpaired) electrons. The Bertz CT molecular complexity index is 3550. The van der Waals surface area contributed by atoms with E-state index in [-0.39, 0.29) is 0 Å². The molecule has 12 rings (SSSR count). The van der Waals surface area contributed by atoms with E-state index in [1.54, 1.807) is 0 Å². The van der Waals surface area contributed by atoms with Crippen LogP contribution in [-0.2, 0) is 0 Å². The summed E-state index contributed by atoms with van der Waals surface area (Å²) < 4.78 is 4.88. The topological polar surface area (TPSA) is 35.6 Å². The highest BCUT2D eigenvalue weighted by molar-refractivity contribution is 6.15. The highest BCUT2D eigenvalue weighted by Crippen LogP contribution is 2.42. The van der Waals surface area contributed by atoms with E-state index in [0.29, 0.717) is 5.82 Å². The first-order chi connectivity index (χ1) is 30.8. The van der Waals surface area contributed by atoms with Gasteiger partial charge in [0.1, 0.15) is 0 Å². The van der Waals surface area contributed by atoms with Crippen LogP contribution in [0.4, 0.5) is 0 Å². The molecule has 0 aliphatic carbocycles. The van der Waals surface area contributed by atoms with Crippen LogP contribution >= 0.6 is 0 Å². The van der Waals surface area contributed by atoms with Crippen molar-refractivity contribution in [2.24, 2.45) is 0 Å². The van der Waals surface area contributed by atoms with E-state index in [0.717, 1.165) is 56.1 Å². The molecule has 0 N–H and O–H groups in total. The summed E-state index contributed by atoms with van der Waals surface area (Å²) in [5, 5.41) is 4.91. The van der Waals surface area contributed by atoms with Gasteiger partial charge >= 0.3 is 0 Å². The molecule has 290 valence electrons. The Morgan fingerprint density at radius 3 is 1.52 bits per heavy atom. The zero-order valence-corrected chi connectivity index (χ0v) is 33.7. The molecule has 62 heavy (non-hydrogen) atoms. The van der Waals surface area contributed by atoms with Crippen LogP contribution in [0.5, 0.6) is 0 Å². The summed E-state index contributed by atoms with van der Waals surface area (Å²) in [6.07, 6.45) is 0. The van der Waals surface area contributed by atoms with Crippen LogP contribution in [0.3, 0.4) is 0 Å². The second kappa shape index (κ2) is 14.7. The Hall–Kier alpha value is -8.34. The number of aromatic nitrogens is 4. The summed E-state index contributed by atoms with van der Waals surface area (Å²) in [4.78, 5) is 10.1. The van der Waals surface area contributed by atoms with Crippen molar-refractivity contribution in [3.63, 3.8) is 0 Å². The molecule has 4 nitrogen and oxygen atoms in total. The molecule has 3 heterocycles. The molecule has 0 bridgehead atoms. The van der Waals surface area contributed by atoms with Crippen molar-refractivity contribution < 1.29 is 0 Å². The SMILES string of the molecule is c1ccc(-c2cc(-c3ccc(-c4ccc5c(c4)c4ccccc4n5-c4ccccc4-c4cccc5c6ccccc6n(-c6ccccc6)c45)cc3)nc(-c3ccccc3)n2)cc1. The van der Waals surface area contributed by atoms with Crippen LogP contribution < -0.4 is 0 Å². The minimum Gasteiger partial charge on any atom is -0.309 e. The lowest BCUT2D eigenvalue weighted by atomic mass is 9.99. The van der Waals surface area contributed by atoms with Gasteiger partial charge in [-0.15, -0.1) is 0 Å². The zero-order valence-electron chi connectivity index (χ0n) is 33.7. The quantitative estimate of drug-likeness (QED) is 0.161. The highest BCUT2D eigenvalue weighted by Gasteiger charge is 2.21.